The molecule has 1 spiro atoms. The molecule has 0 aromatic heterocycles. The maximum absolute atomic E-state index is 14.0. The number of carbonyl (C=O) groups excluding carboxylic acids is 5. The lowest BCUT2D eigenvalue weighted by atomic mass is 9.42. The summed E-state index contributed by atoms with van der Waals surface area (Å²) in [6.45, 7) is 12.6. The Kier molecular flexibility index (Phi) is 8.35. The highest BCUT2D eigenvalue weighted by atomic mass is 16.7. The number of epoxide rings is 1. The van der Waals surface area contributed by atoms with Gasteiger partial charge >= 0.3 is 17.9 Å². The number of morpholine rings is 1. The number of carbonyl (C=O) groups is 5. The molecule has 12 heteroatoms. The average molecular weight is 694 g/mol. The summed E-state index contributed by atoms with van der Waals surface area (Å²) in [7, 11) is 0. The molecular formula is C38H47NO11. The molecule has 11 unspecified atom stereocenters. The molecule has 270 valence electrons. The lowest BCUT2D eigenvalue weighted by molar-refractivity contribution is -0.225. The summed E-state index contributed by atoms with van der Waals surface area (Å²) in [5, 5.41) is 13.1. The number of hydrogen-bond acceptors (Lipinski definition) is 11. The normalized spacial score (nSPS) is 42.5. The van der Waals surface area contributed by atoms with Crippen LogP contribution in [0.5, 0.6) is 0 Å². The number of esters is 3. The van der Waals surface area contributed by atoms with E-state index in [1.807, 2.05) is 33.8 Å². The number of rotatable bonds is 6. The standard InChI is InChI=1S/C38H47NO11/c1-20-17-27(48-34(44)21(20)2)22(3)25-18-30(47-23(4)40)37(45)26-19-31-38(50-31)29(49-33(43)10-9-32(42)39-13-15-46-16-14-39)8-7-28(41)36(38,6)24(26)11-12-35(25,37)5/h7-10,18,22,24,26-27,29-31,45H,11-17,19H2,1-6H3. The van der Waals surface area contributed by atoms with Gasteiger partial charge in [-0.3, -0.25) is 14.4 Å². The van der Waals surface area contributed by atoms with E-state index in [0.717, 1.165) is 17.2 Å². The van der Waals surface area contributed by atoms with E-state index in [2.05, 4.69) is 0 Å². The van der Waals surface area contributed by atoms with Crippen LogP contribution in [0.1, 0.15) is 67.2 Å². The molecule has 0 radical (unpaired) electrons. The fourth-order valence-corrected chi connectivity index (χ4v) is 10.4. The minimum Gasteiger partial charge on any atom is -0.458 e. The molecule has 1 amide bonds. The highest BCUT2D eigenvalue weighted by Gasteiger charge is 2.83. The Morgan fingerprint density at radius 2 is 1.78 bits per heavy atom. The van der Waals surface area contributed by atoms with Gasteiger partial charge in [0, 0.05) is 55.5 Å². The highest BCUT2D eigenvalue weighted by molar-refractivity contribution is 5.99. The van der Waals surface area contributed by atoms with Crippen LogP contribution in [0.3, 0.4) is 0 Å². The van der Waals surface area contributed by atoms with E-state index in [4.69, 9.17) is 23.7 Å². The van der Waals surface area contributed by atoms with E-state index in [9.17, 15) is 29.1 Å². The van der Waals surface area contributed by atoms with Gasteiger partial charge in [-0.05, 0) is 70.1 Å². The van der Waals surface area contributed by atoms with Crippen LogP contribution in [0.2, 0.25) is 0 Å². The summed E-state index contributed by atoms with van der Waals surface area (Å²) in [6, 6.07) is 0. The van der Waals surface area contributed by atoms with Crippen molar-refractivity contribution in [1.29, 1.82) is 0 Å². The molecule has 7 aliphatic rings. The van der Waals surface area contributed by atoms with Crippen LogP contribution in [-0.4, -0.2) is 102 Å². The van der Waals surface area contributed by atoms with Crippen LogP contribution in [0.15, 0.2) is 47.1 Å². The Morgan fingerprint density at radius 3 is 2.46 bits per heavy atom. The van der Waals surface area contributed by atoms with Gasteiger partial charge in [-0.1, -0.05) is 25.0 Å². The van der Waals surface area contributed by atoms with Gasteiger partial charge in [-0.15, -0.1) is 0 Å². The molecule has 4 aliphatic carbocycles. The lowest BCUT2D eigenvalue weighted by Crippen LogP contribution is -2.70. The van der Waals surface area contributed by atoms with Crippen LogP contribution in [0, 0.1) is 28.6 Å². The first-order valence-corrected chi connectivity index (χ1v) is 17.7. The van der Waals surface area contributed by atoms with Crippen molar-refractivity contribution in [1.82, 2.24) is 4.90 Å². The highest BCUT2D eigenvalue weighted by Crippen LogP contribution is 2.74. The monoisotopic (exact) mass is 693 g/mol. The van der Waals surface area contributed by atoms with Crippen LogP contribution >= 0.6 is 0 Å². The fourth-order valence-electron chi connectivity index (χ4n) is 10.4. The van der Waals surface area contributed by atoms with E-state index >= 15 is 0 Å². The smallest absolute Gasteiger partial charge is 0.333 e. The zero-order valence-electron chi connectivity index (χ0n) is 29.6. The molecule has 11 atom stereocenters. The van der Waals surface area contributed by atoms with Crippen molar-refractivity contribution in [3.05, 3.63) is 47.1 Å². The van der Waals surface area contributed by atoms with Gasteiger partial charge in [0.05, 0.1) is 24.7 Å². The molecule has 0 aromatic carbocycles. The van der Waals surface area contributed by atoms with Crippen molar-refractivity contribution in [2.24, 2.45) is 28.6 Å². The summed E-state index contributed by atoms with van der Waals surface area (Å²) >= 11 is 0. The second-order valence-corrected chi connectivity index (χ2v) is 15.6. The third kappa shape index (κ3) is 4.84. The molecule has 1 N–H and O–H groups in total. The number of fused-ring (bicyclic) bond motifs is 4. The van der Waals surface area contributed by atoms with Gasteiger partial charge in [-0.2, -0.15) is 0 Å². The molecule has 4 fully saturated rings. The summed E-state index contributed by atoms with van der Waals surface area (Å²) in [5.74, 6) is -3.32. The average Bonchev–Trinajstić information content (AvgIpc) is 3.77. The minimum atomic E-state index is -1.60. The first kappa shape index (κ1) is 34.8. The fraction of sp³-hybridized carbons (Fsp3) is 0.658. The summed E-state index contributed by atoms with van der Waals surface area (Å²) in [5.41, 5.74) is -2.34. The Hall–Kier alpha value is -3.61. The second-order valence-electron chi connectivity index (χ2n) is 15.6. The second kappa shape index (κ2) is 12.0. The van der Waals surface area contributed by atoms with E-state index in [-0.39, 0.29) is 23.6 Å². The van der Waals surface area contributed by atoms with Crippen molar-refractivity contribution in [2.45, 2.75) is 103 Å². The first-order valence-electron chi connectivity index (χ1n) is 17.7. The molecule has 0 bridgehead atoms. The molecular weight excluding hydrogens is 646 g/mol. The third-order valence-corrected chi connectivity index (χ3v) is 13.4. The lowest BCUT2D eigenvalue weighted by Gasteiger charge is -2.61. The Labute approximate surface area is 291 Å². The van der Waals surface area contributed by atoms with Gasteiger partial charge in [0.1, 0.15) is 23.4 Å². The Balaban J connectivity index is 1.17. The van der Waals surface area contributed by atoms with Gasteiger partial charge < -0.3 is 33.7 Å². The maximum atomic E-state index is 14.0. The number of cyclic esters (lactones) is 1. The Bertz CT molecular complexity index is 1650. The summed E-state index contributed by atoms with van der Waals surface area (Å²) in [4.78, 5) is 66.5. The Morgan fingerprint density at radius 1 is 1.06 bits per heavy atom. The predicted octanol–water partition coefficient (Wildman–Crippen LogP) is 2.92. The van der Waals surface area contributed by atoms with Crippen LogP contribution < -0.4 is 0 Å². The molecule has 7 rings (SSSR count). The zero-order chi connectivity index (χ0) is 36.0. The van der Waals surface area contributed by atoms with Crippen molar-refractivity contribution in [3.63, 3.8) is 0 Å². The van der Waals surface area contributed by atoms with Crippen molar-refractivity contribution in [2.75, 3.05) is 26.3 Å². The van der Waals surface area contributed by atoms with Crippen molar-refractivity contribution >= 4 is 29.6 Å². The predicted molar refractivity (Wildman–Crippen MR) is 176 cm³/mol. The van der Waals surface area contributed by atoms with Gasteiger partial charge in [0.15, 0.2) is 11.9 Å². The quantitative estimate of drug-likeness (QED) is 0.143. The van der Waals surface area contributed by atoms with E-state index in [1.54, 1.807) is 17.9 Å². The molecule has 3 aliphatic heterocycles. The van der Waals surface area contributed by atoms with Gasteiger partial charge in [0.2, 0.25) is 5.91 Å². The van der Waals surface area contributed by atoms with Crippen molar-refractivity contribution < 1.29 is 52.8 Å². The molecule has 2 saturated carbocycles. The number of nitrogens with zero attached hydrogens (tertiary/aromatic N) is 1. The number of amides is 1. The van der Waals surface area contributed by atoms with Crippen LogP contribution in [0.4, 0.5) is 0 Å². The molecule has 0 aromatic rings. The van der Waals surface area contributed by atoms with Crippen LogP contribution in [-0.2, 0) is 47.7 Å². The zero-order valence-corrected chi connectivity index (χ0v) is 29.6. The van der Waals surface area contributed by atoms with Crippen molar-refractivity contribution in [3.8, 4) is 0 Å². The van der Waals surface area contributed by atoms with E-state index in [1.165, 1.54) is 19.1 Å². The van der Waals surface area contributed by atoms with Crippen LogP contribution in [0.25, 0.3) is 0 Å². The number of ether oxygens (including phenoxy) is 5. The summed E-state index contributed by atoms with van der Waals surface area (Å²) in [6.07, 6.45) is 6.19. The summed E-state index contributed by atoms with van der Waals surface area (Å²) < 4.78 is 29.4. The topological polar surface area (TPSA) is 158 Å². The first-order chi connectivity index (χ1) is 23.6. The third-order valence-electron chi connectivity index (χ3n) is 13.4. The van der Waals surface area contributed by atoms with E-state index < -0.39 is 70.2 Å². The number of ketones is 1. The van der Waals surface area contributed by atoms with Gasteiger partial charge in [0.25, 0.3) is 0 Å². The van der Waals surface area contributed by atoms with E-state index in [0.29, 0.717) is 57.6 Å². The number of allylic oxidation sites excluding steroid dienone is 1. The SMILES string of the molecule is CC(=O)OC1C=C(C(C)C2CC(C)=C(C)C(=O)O2)C2(C)CCC3C(CC4OC45C(OC(=O)C=CC(=O)N4CCOCC4)C=CC(=O)C35C)C12O. The molecule has 3 heterocycles. The van der Waals surface area contributed by atoms with Gasteiger partial charge in [-0.25, -0.2) is 9.59 Å². The minimum absolute atomic E-state index is 0.178. The molecule has 2 saturated heterocycles. The molecule has 12 nitrogen and oxygen atoms in total. The largest absolute Gasteiger partial charge is 0.458 e. The number of aliphatic hydroxyl groups is 1. The number of hydrogen-bond donors (Lipinski definition) is 1. The molecule has 50 heavy (non-hydrogen) atoms. The maximum Gasteiger partial charge on any atom is 0.333 e.